The molecule has 16 unspecified atom stereocenters. The number of rotatable bonds is 9. The van der Waals surface area contributed by atoms with Crippen LogP contribution in [-0.2, 0) is 19.0 Å². The smallest absolute Gasteiger partial charge is 0.159 e. The van der Waals surface area contributed by atoms with Crippen LogP contribution in [0.5, 0.6) is 0 Å². The second kappa shape index (κ2) is 13.9. The first-order valence-electron chi connectivity index (χ1n) is 18.8. The van der Waals surface area contributed by atoms with Gasteiger partial charge in [0.05, 0.1) is 35.6 Å². The maximum absolute atomic E-state index is 14.1. The first-order valence-corrected chi connectivity index (χ1v) is 18.8. The predicted molar refractivity (Wildman–Crippen MR) is 183 cm³/mol. The van der Waals surface area contributed by atoms with Gasteiger partial charge in [-0.15, -0.1) is 5.92 Å². The molecule has 0 aromatic carbocycles. The van der Waals surface area contributed by atoms with Crippen molar-refractivity contribution in [2.75, 3.05) is 33.4 Å². The quantitative estimate of drug-likeness (QED) is 0.157. The van der Waals surface area contributed by atoms with E-state index in [1.54, 1.807) is 27.0 Å². The van der Waals surface area contributed by atoms with Gasteiger partial charge in [-0.3, -0.25) is 4.79 Å². The molecule has 2 aliphatic heterocycles. The zero-order chi connectivity index (χ0) is 35.5. The molecule has 6 aliphatic rings. The van der Waals surface area contributed by atoms with Crippen LogP contribution >= 0.6 is 0 Å². The van der Waals surface area contributed by atoms with Gasteiger partial charge in [0, 0.05) is 57.1 Å². The second-order valence-corrected chi connectivity index (χ2v) is 17.1. The van der Waals surface area contributed by atoms with Gasteiger partial charge < -0.3 is 45.1 Å². The highest BCUT2D eigenvalue weighted by molar-refractivity contribution is 5.95. The summed E-state index contributed by atoms with van der Waals surface area (Å²) < 4.78 is 17.8. The van der Waals surface area contributed by atoms with Crippen LogP contribution in [0, 0.1) is 58.2 Å². The maximum Gasteiger partial charge on any atom is 0.159 e. The third kappa shape index (κ3) is 6.07. The van der Waals surface area contributed by atoms with E-state index in [9.17, 15) is 30.3 Å². The van der Waals surface area contributed by atoms with Crippen LogP contribution in [0.2, 0.25) is 0 Å². The van der Waals surface area contributed by atoms with Gasteiger partial charge in [-0.1, -0.05) is 26.7 Å². The molecule has 0 aromatic heterocycles. The lowest BCUT2D eigenvalue weighted by molar-refractivity contribution is -0.212. The van der Waals surface area contributed by atoms with E-state index in [-0.39, 0.29) is 46.9 Å². The molecule has 6 N–H and O–H groups in total. The number of aliphatic hydroxyl groups excluding tert-OH is 3. The molecule has 276 valence electrons. The Morgan fingerprint density at radius 2 is 1.84 bits per heavy atom. The molecule has 49 heavy (non-hydrogen) atoms. The normalized spacial score (nSPS) is 49.7. The van der Waals surface area contributed by atoms with E-state index in [1.807, 2.05) is 13.8 Å². The van der Waals surface area contributed by atoms with E-state index in [4.69, 9.17) is 14.2 Å². The van der Waals surface area contributed by atoms with Gasteiger partial charge >= 0.3 is 0 Å². The van der Waals surface area contributed by atoms with Crippen LogP contribution in [0.25, 0.3) is 0 Å². The van der Waals surface area contributed by atoms with Crippen molar-refractivity contribution in [3.63, 3.8) is 0 Å². The predicted octanol–water partition coefficient (Wildman–Crippen LogP) is 2.38. The van der Waals surface area contributed by atoms with Gasteiger partial charge in [-0.25, -0.2) is 0 Å². The van der Waals surface area contributed by atoms with Crippen LogP contribution in [0.1, 0.15) is 86.0 Å². The molecule has 2 heterocycles. The van der Waals surface area contributed by atoms with E-state index in [2.05, 4.69) is 24.1 Å². The molecule has 0 spiro atoms. The van der Waals surface area contributed by atoms with Crippen molar-refractivity contribution in [1.82, 2.24) is 5.32 Å². The van der Waals surface area contributed by atoms with Gasteiger partial charge in [0.15, 0.2) is 5.78 Å². The third-order valence-corrected chi connectivity index (χ3v) is 14.5. The summed E-state index contributed by atoms with van der Waals surface area (Å²) in [4.78, 5) is 14.1. The number of carbonyl (C=O) groups excluding carboxylic acids is 1. The maximum atomic E-state index is 14.1. The highest BCUT2D eigenvalue weighted by atomic mass is 16.5. The number of nitrogens with one attached hydrogen (secondary N) is 1. The molecule has 3 saturated carbocycles. The molecule has 16 atom stereocenters. The monoisotopic (exact) mass is 687 g/mol. The minimum absolute atomic E-state index is 0.0120. The Bertz CT molecular complexity index is 1320. The average Bonchev–Trinajstić information content (AvgIpc) is 3.53. The minimum Gasteiger partial charge on any atom is -0.392 e. The van der Waals surface area contributed by atoms with Gasteiger partial charge in [-0.2, -0.15) is 0 Å². The Hall–Kier alpha value is -1.39. The lowest BCUT2D eigenvalue weighted by Gasteiger charge is -2.63. The van der Waals surface area contributed by atoms with Crippen molar-refractivity contribution in [2.24, 2.45) is 46.3 Å². The molecule has 4 aliphatic carbocycles. The van der Waals surface area contributed by atoms with Gasteiger partial charge in [0.2, 0.25) is 0 Å². The van der Waals surface area contributed by atoms with Crippen molar-refractivity contribution in [3.8, 4) is 11.8 Å². The summed E-state index contributed by atoms with van der Waals surface area (Å²) in [6.45, 7) is 11.6. The average molecular weight is 688 g/mol. The van der Waals surface area contributed by atoms with E-state index in [0.717, 1.165) is 24.8 Å². The van der Waals surface area contributed by atoms with Crippen LogP contribution in [0.3, 0.4) is 0 Å². The summed E-state index contributed by atoms with van der Waals surface area (Å²) in [5.41, 5.74) is -3.51. The molecule has 0 aromatic rings. The topological polar surface area (TPSA) is 158 Å². The lowest BCUT2D eigenvalue weighted by atomic mass is 9.43. The largest absolute Gasteiger partial charge is 0.392 e. The van der Waals surface area contributed by atoms with Crippen molar-refractivity contribution in [2.45, 2.75) is 134 Å². The Morgan fingerprint density at radius 3 is 2.55 bits per heavy atom. The second-order valence-electron chi connectivity index (χ2n) is 17.1. The minimum atomic E-state index is -1.66. The number of fused-ring (bicyclic) bond motifs is 6. The molecule has 2 bridgehead atoms. The van der Waals surface area contributed by atoms with Crippen molar-refractivity contribution in [1.29, 1.82) is 0 Å². The number of hydrogen-bond acceptors (Lipinski definition) is 10. The molecule has 10 heteroatoms. The number of ketones is 1. The SMILES string of the molecule is COCCCOC1CCC2(C)C(C1)C(=O)C=C1C2CC2CC#CC(O)C3OC(C(CNCC(C)O)C3C)C(O)C(C)(O)C3CCC1(O)C23C. The van der Waals surface area contributed by atoms with E-state index in [1.165, 1.54) is 0 Å². The number of ether oxygens (including phenoxy) is 3. The van der Waals surface area contributed by atoms with Crippen LogP contribution in [-0.4, -0.2) is 113 Å². The Morgan fingerprint density at radius 1 is 1.08 bits per heavy atom. The summed E-state index contributed by atoms with van der Waals surface area (Å²) in [6, 6.07) is 0. The number of hydrogen-bond donors (Lipinski definition) is 6. The molecule has 0 amide bonds. The van der Waals surface area contributed by atoms with Crippen LogP contribution < -0.4 is 5.32 Å². The lowest BCUT2D eigenvalue weighted by Crippen LogP contribution is -2.66. The highest BCUT2D eigenvalue weighted by Gasteiger charge is 2.72. The molecule has 4 fully saturated rings. The van der Waals surface area contributed by atoms with Crippen molar-refractivity contribution in [3.05, 3.63) is 11.6 Å². The van der Waals surface area contributed by atoms with Crippen LogP contribution in [0.15, 0.2) is 11.6 Å². The number of carbonyl (C=O) groups is 1. The summed E-state index contributed by atoms with van der Waals surface area (Å²) in [7, 11) is 1.68. The fourth-order valence-corrected chi connectivity index (χ4v) is 11.6. The molecule has 1 saturated heterocycles. The summed E-state index contributed by atoms with van der Waals surface area (Å²) >= 11 is 0. The van der Waals surface area contributed by atoms with Gasteiger partial charge in [0.25, 0.3) is 0 Å². The highest BCUT2D eigenvalue weighted by Crippen LogP contribution is 2.71. The Labute approximate surface area is 292 Å². The Balaban J connectivity index is 1.35. The summed E-state index contributed by atoms with van der Waals surface area (Å²) in [5.74, 6) is 5.08. The standard InChI is InChI=1S/C39H61NO9/c1-22(41)20-40-21-26-23(2)33-30(42)10-7-9-24-17-27-28(19-31(43)29-18-25(11-13-36(27,29)3)48-16-8-15-47-6)39(46)14-12-32(37(24,39)4)38(5,45)35(44)34(26)49-33/h19,22-27,29-30,32-35,40-42,44-46H,8-9,11-18,20-21H2,1-6H3. The number of aliphatic hydroxyl groups is 5. The fourth-order valence-electron chi connectivity index (χ4n) is 11.6. The van der Waals surface area contributed by atoms with E-state index in [0.29, 0.717) is 58.4 Å². The van der Waals surface area contributed by atoms with Crippen molar-refractivity contribution >= 4 is 5.78 Å². The fraction of sp³-hybridized carbons (Fsp3) is 0.872. The zero-order valence-corrected chi connectivity index (χ0v) is 30.4. The summed E-state index contributed by atoms with van der Waals surface area (Å²) in [5, 5.41) is 62.2. The molecule has 10 nitrogen and oxygen atoms in total. The summed E-state index contributed by atoms with van der Waals surface area (Å²) in [6.07, 6.45) is 2.41. The van der Waals surface area contributed by atoms with Gasteiger partial charge in [0.1, 0.15) is 12.2 Å². The van der Waals surface area contributed by atoms with Crippen molar-refractivity contribution < 1.29 is 44.5 Å². The van der Waals surface area contributed by atoms with Crippen LogP contribution in [0.4, 0.5) is 0 Å². The first kappa shape index (κ1) is 37.4. The van der Waals surface area contributed by atoms with E-state index < -0.39 is 53.1 Å². The first-order chi connectivity index (χ1) is 23.1. The number of methoxy groups -OCH3 is 1. The molecular weight excluding hydrogens is 626 g/mol. The van der Waals surface area contributed by atoms with E-state index >= 15 is 0 Å². The molecule has 6 rings (SSSR count). The Kier molecular flexibility index (Phi) is 10.6. The molecular formula is C39H61NO9. The molecule has 0 radical (unpaired) electrons. The zero-order valence-electron chi connectivity index (χ0n) is 30.4. The number of allylic oxidation sites excluding steroid dienone is 1. The van der Waals surface area contributed by atoms with Gasteiger partial charge in [-0.05, 0) is 99.5 Å². The third-order valence-electron chi connectivity index (χ3n) is 14.5.